The van der Waals surface area contributed by atoms with Crippen molar-refractivity contribution in [2.24, 2.45) is 17.1 Å². The van der Waals surface area contributed by atoms with Crippen LogP contribution in [0.3, 0.4) is 0 Å². The fourth-order valence-corrected chi connectivity index (χ4v) is 1.21. The van der Waals surface area contributed by atoms with E-state index in [-0.39, 0.29) is 17.2 Å². The van der Waals surface area contributed by atoms with Gasteiger partial charge in [-0.05, 0) is 5.92 Å². The van der Waals surface area contributed by atoms with Crippen molar-refractivity contribution >= 4 is 23.1 Å². The lowest BCUT2D eigenvalue weighted by Crippen LogP contribution is -2.41. The fourth-order valence-electron chi connectivity index (χ4n) is 1.14. The van der Waals surface area contributed by atoms with Crippen LogP contribution >= 0.6 is 12.2 Å². The summed E-state index contributed by atoms with van der Waals surface area (Å²) in [7, 11) is 1.63. The summed E-state index contributed by atoms with van der Waals surface area (Å²) in [5, 5.41) is 2.83. The van der Waals surface area contributed by atoms with Gasteiger partial charge in [0.2, 0.25) is 5.91 Å². The third kappa shape index (κ3) is 6.02. The molecule has 0 spiro atoms. The van der Waals surface area contributed by atoms with Gasteiger partial charge in [0.15, 0.2) is 0 Å². The van der Waals surface area contributed by atoms with E-state index in [1.165, 1.54) is 0 Å². The zero-order valence-electron chi connectivity index (χ0n) is 10.5. The molecule has 3 N–H and O–H groups in total. The summed E-state index contributed by atoms with van der Waals surface area (Å²) < 4.78 is 4.97. The van der Waals surface area contributed by atoms with Crippen LogP contribution in [0.4, 0.5) is 0 Å². The lowest BCUT2D eigenvalue weighted by molar-refractivity contribution is -0.122. The van der Waals surface area contributed by atoms with E-state index in [4.69, 9.17) is 22.7 Å². The maximum atomic E-state index is 11.5. The molecule has 1 unspecified atom stereocenters. The van der Waals surface area contributed by atoms with Crippen LogP contribution in [-0.2, 0) is 9.53 Å². The van der Waals surface area contributed by atoms with Crippen LogP contribution in [0, 0.1) is 11.3 Å². The Balaban J connectivity index is 3.94. The van der Waals surface area contributed by atoms with Crippen molar-refractivity contribution < 1.29 is 9.53 Å². The van der Waals surface area contributed by atoms with E-state index in [1.54, 1.807) is 7.11 Å². The number of thiocarbonyl (C=S) groups is 1. The number of carbonyl (C=O) groups is 1. The Morgan fingerprint density at radius 3 is 2.56 bits per heavy atom. The molecule has 0 radical (unpaired) electrons. The maximum absolute atomic E-state index is 11.5. The first kappa shape index (κ1) is 15.3. The molecule has 0 aromatic rings. The molecule has 0 aromatic carbocycles. The third-order valence-corrected chi connectivity index (χ3v) is 2.93. The first-order valence-corrected chi connectivity index (χ1v) is 5.76. The number of carbonyl (C=O) groups excluding carboxylic acids is 1. The van der Waals surface area contributed by atoms with Crippen LogP contribution in [0.25, 0.3) is 0 Å². The first-order valence-electron chi connectivity index (χ1n) is 5.35. The molecule has 0 rings (SSSR count). The van der Waals surface area contributed by atoms with Gasteiger partial charge in [-0.2, -0.15) is 0 Å². The number of rotatable bonds is 7. The third-order valence-electron chi connectivity index (χ3n) is 2.38. The highest BCUT2D eigenvalue weighted by molar-refractivity contribution is 7.80. The van der Waals surface area contributed by atoms with Crippen LogP contribution in [-0.4, -0.2) is 31.2 Å². The van der Waals surface area contributed by atoms with Gasteiger partial charge in [-0.3, -0.25) is 4.79 Å². The Hall–Kier alpha value is -0.680. The van der Waals surface area contributed by atoms with Crippen molar-refractivity contribution in [3.8, 4) is 0 Å². The van der Waals surface area contributed by atoms with Gasteiger partial charge in [0.05, 0.1) is 4.99 Å². The average molecular weight is 246 g/mol. The van der Waals surface area contributed by atoms with E-state index >= 15 is 0 Å². The molecular formula is C11H22N2O2S. The molecule has 4 nitrogen and oxygen atoms in total. The van der Waals surface area contributed by atoms with Gasteiger partial charge in [-0.25, -0.2) is 0 Å². The Morgan fingerprint density at radius 2 is 2.12 bits per heavy atom. The topological polar surface area (TPSA) is 64.3 Å². The number of methoxy groups -OCH3 is 1. The molecule has 0 aromatic heterocycles. The minimum Gasteiger partial charge on any atom is -0.393 e. The van der Waals surface area contributed by atoms with Crippen LogP contribution in [0.5, 0.6) is 0 Å². The predicted octanol–water partition coefficient (Wildman–Crippen LogP) is 1.09. The molecule has 0 fully saturated rings. The smallest absolute Gasteiger partial charge is 0.220 e. The predicted molar refractivity (Wildman–Crippen MR) is 69.2 cm³/mol. The minimum absolute atomic E-state index is 0.00822. The molecule has 16 heavy (non-hydrogen) atoms. The zero-order chi connectivity index (χ0) is 12.8. The second-order valence-electron chi connectivity index (χ2n) is 4.79. The van der Waals surface area contributed by atoms with Crippen LogP contribution in [0.2, 0.25) is 0 Å². The van der Waals surface area contributed by atoms with Gasteiger partial charge in [0.1, 0.15) is 0 Å². The van der Waals surface area contributed by atoms with Crippen molar-refractivity contribution in [2.45, 2.75) is 27.2 Å². The summed E-state index contributed by atoms with van der Waals surface area (Å²) in [6, 6.07) is 0. The van der Waals surface area contributed by atoms with E-state index in [2.05, 4.69) is 5.32 Å². The summed E-state index contributed by atoms with van der Waals surface area (Å²) in [6.07, 6.45) is 0.460. The second kappa shape index (κ2) is 6.81. The van der Waals surface area contributed by atoms with Crippen molar-refractivity contribution in [1.29, 1.82) is 0 Å². The van der Waals surface area contributed by atoms with E-state index in [9.17, 15) is 4.79 Å². The van der Waals surface area contributed by atoms with Crippen molar-refractivity contribution in [1.82, 2.24) is 5.32 Å². The van der Waals surface area contributed by atoms with Crippen LogP contribution in [0.15, 0.2) is 0 Å². The number of nitrogens with one attached hydrogen (secondary N) is 1. The molecule has 1 amide bonds. The molecule has 0 saturated carbocycles. The first-order chi connectivity index (χ1) is 7.29. The normalized spacial score (nSPS) is 13.2. The number of nitrogens with two attached hydrogens (primary N) is 1. The van der Waals surface area contributed by atoms with E-state index in [1.807, 2.05) is 20.8 Å². The molecule has 0 aliphatic heterocycles. The minimum atomic E-state index is -0.338. The van der Waals surface area contributed by atoms with Gasteiger partial charge in [0, 0.05) is 32.1 Å². The summed E-state index contributed by atoms with van der Waals surface area (Å²) >= 11 is 4.92. The summed E-state index contributed by atoms with van der Waals surface area (Å²) in [5.41, 5.74) is 5.23. The standard InChI is InChI=1S/C11H22N2O2S/c1-8(6-15-4)5-9(14)13-7-11(2,3)10(12)16/h8H,5-7H2,1-4H3,(H2,12,16)(H,13,14). The van der Waals surface area contributed by atoms with Gasteiger partial charge in [0.25, 0.3) is 0 Å². The SMILES string of the molecule is COCC(C)CC(=O)NCC(C)(C)C(N)=S. The van der Waals surface area contributed by atoms with Gasteiger partial charge in [-0.1, -0.05) is 33.0 Å². The number of hydrogen-bond donors (Lipinski definition) is 2. The lowest BCUT2D eigenvalue weighted by Gasteiger charge is -2.23. The fraction of sp³-hybridized carbons (Fsp3) is 0.818. The van der Waals surface area contributed by atoms with E-state index < -0.39 is 0 Å². The molecule has 0 aliphatic carbocycles. The zero-order valence-corrected chi connectivity index (χ0v) is 11.3. The molecule has 0 heterocycles. The summed E-state index contributed by atoms with van der Waals surface area (Å²) in [4.78, 5) is 12.0. The molecule has 0 aliphatic rings. The largest absolute Gasteiger partial charge is 0.393 e. The van der Waals surface area contributed by atoms with Crippen LogP contribution < -0.4 is 11.1 Å². The molecule has 0 saturated heterocycles. The number of hydrogen-bond acceptors (Lipinski definition) is 3. The Labute approximate surface area is 103 Å². The van der Waals surface area contributed by atoms with E-state index in [0.717, 1.165) is 0 Å². The Morgan fingerprint density at radius 1 is 1.56 bits per heavy atom. The Kier molecular flexibility index (Phi) is 6.52. The van der Waals surface area contributed by atoms with Gasteiger partial charge in [-0.15, -0.1) is 0 Å². The lowest BCUT2D eigenvalue weighted by atomic mass is 9.93. The highest BCUT2D eigenvalue weighted by Gasteiger charge is 2.22. The second-order valence-corrected chi connectivity index (χ2v) is 5.23. The van der Waals surface area contributed by atoms with Gasteiger partial charge < -0.3 is 15.8 Å². The maximum Gasteiger partial charge on any atom is 0.220 e. The number of amides is 1. The highest BCUT2D eigenvalue weighted by atomic mass is 32.1. The molecule has 94 valence electrons. The van der Waals surface area contributed by atoms with Gasteiger partial charge >= 0.3 is 0 Å². The highest BCUT2D eigenvalue weighted by Crippen LogP contribution is 2.13. The average Bonchev–Trinajstić information content (AvgIpc) is 2.15. The van der Waals surface area contributed by atoms with Crippen molar-refractivity contribution in [3.05, 3.63) is 0 Å². The molecule has 5 heteroatoms. The summed E-state index contributed by atoms with van der Waals surface area (Å²) in [6.45, 7) is 6.86. The van der Waals surface area contributed by atoms with Crippen molar-refractivity contribution in [3.63, 3.8) is 0 Å². The monoisotopic (exact) mass is 246 g/mol. The van der Waals surface area contributed by atoms with E-state index in [0.29, 0.717) is 24.6 Å². The number of ether oxygens (including phenoxy) is 1. The molecule has 1 atom stereocenters. The molecular weight excluding hydrogens is 224 g/mol. The molecule has 0 bridgehead atoms. The summed E-state index contributed by atoms with van der Waals surface area (Å²) in [5.74, 6) is 0.229. The van der Waals surface area contributed by atoms with Crippen molar-refractivity contribution in [2.75, 3.05) is 20.3 Å². The Bertz CT molecular complexity index is 254. The quantitative estimate of drug-likeness (QED) is 0.660. The van der Waals surface area contributed by atoms with Crippen LogP contribution in [0.1, 0.15) is 27.2 Å².